The highest BCUT2D eigenvalue weighted by Gasteiger charge is 1.61. The molecule has 0 amide bonds. The van der Waals surface area contributed by atoms with E-state index in [0.717, 1.165) is 7.11 Å². The van der Waals surface area contributed by atoms with Gasteiger partial charge in [-0.05, 0) is 0 Å². The summed E-state index contributed by atoms with van der Waals surface area (Å²) in [5, 5.41) is 7.00. The van der Waals surface area contributed by atoms with Crippen LogP contribution < -0.4 is 0 Å². The normalized spacial score (nSPS) is 6.83. The van der Waals surface area contributed by atoms with Gasteiger partial charge in [0.2, 0.25) is 0 Å². The van der Waals surface area contributed by atoms with Crippen LogP contribution in [-0.2, 0) is 4.57 Å². The second-order valence-corrected chi connectivity index (χ2v) is 0.848. The van der Waals surface area contributed by atoms with Crippen LogP contribution in [0.4, 0.5) is 0 Å². The summed E-state index contributed by atoms with van der Waals surface area (Å²) in [4.78, 5) is 14.3. The Hall–Kier alpha value is 0.110. The molecular formula is CH7O4P. The first-order valence-corrected chi connectivity index (χ1v) is 2.40. The van der Waals surface area contributed by atoms with E-state index < -0.39 is 8.25 Å². The van der Waals surface area contributed by atoms with Gasteiger partial charge in [-0.3, -0.25) is 4.57 Å². The predicted octanol–water partition coefficient (Wildman–Crippen LogP) is -1.03. The van der Waals surface area contributed by atoms with Crippen molar-refractivity contribution in [2.24, 2.45) is 0 Å². The van der Waals surface area contributed by atoms with Crippen LogP contribution in [-0.4, -0.2) is 22.0 Å². The summed E-state index contributed by atoms with van der Waals surface area (Å²) in [6, 6.07) is 0. The van der Waals surface area contributed by atoms with E-state index in [4.69, 9.17) is 19.5 Å². The predicted molar refractivity (Wildman–Crippen MR) is 21.6 cm³/mol. The molecule has 5 heteroatoms. The monoisotopic (exact) mass is 114 g/mol. The van der Waals surface area contributed by atoms with Gasteiger partial charge in [0.1, 0.15) is 0 Å². The first-order chi connectivity index (χ1) is 2.73. The molecule has 0 heterocycles. The minimum Gasteiger partial charge on any atom is -0.400 e. The summed E-state index contributed by atoms with van der Waals surface area (Å²) >= 11 is 0. The second-order valence-electron chi connectivity index (χ2n) is 0.283. The van der Waals surface area contributed by atoms with Gasteiger partial charge < -0.3 is 14.9 Å². The van der Waals surface area contributed by atoms with Gasteiger partial charge in [-0.1, -0.05) is 0 Å². The van der Waals surface area contributed by atoms with Crippen molar-refractivity contribution in [1.29, 1.82) is 0 Å². The first kappa shape index (κ1) is 9.44. The summed E-state index contributed by atoms with van der Waals surface area (Å²) in [5.41, 5.74) is 0. The van der Waals surface area contributed by atoms with Crippen LogP contribution in [0.15, 0.2) is 0 Å². The van der Waals surface area contributed by atoms with Gasteiger partial charge in [0.25, 0.3) is 0 Å². The summed E-state index contributed by atoms with van der Waals surface area (Å²) in [6.45, 7) is 0. The minimum atomic E-state index is -3.13. The Labute approximate surface area is 36.0 Å². The quantitative estimate of drug-likeness (QED) is 0.352. The van der Waals surface area contributed by atoms with E-state index in [1.807, 2.05) is 0 Å². The molecule has 0 aromatic carbocycles. The number of aliphatic hydroxyl groups is 1. The third-order valence-electron chi connectivity index (χ3n) is 0. The van der Waals surface area contributed by atoms with E-state index in [0.29, 0.717) is 0 Å². The molecule has 0 saturated heterocycles. The smallest absolute Gasteiger partial charge is 0.314 e. The number of hydrogen-bond donors (Lipinski definition) is 3. The van der Waals surface area contributed by atoms with Crippen LogP contribution in [0.5, 0.6) is 0 Å². The summed E-state index contributed by atoms with van der Waals surface area (Å²) in [5.74, 6) is 0. The highest BCUT2D eigenvalue weighted by atomic mass is 31.1. The maximum absolute atomic E-state index is 8.74. The highest BCUT2D eigenvalue weighted by Crippen LogP contribution is 1.98. The number of aliphatic hydroxyl groups excluding tert-OH is 1. The van der Waals surface area contributed by atoms with Crippen molar-refractivity contribution < 1.29 is 19.5 Å². The molecule has 0 aliphatic carbocycles. The molecule has 40 valence electrons. The van der Waals surface area contributed by atoms with E-state index in [2.05, 4.69) is 0 Å². The Kier molecular flexibility index (Phi) is 14.0. The fraction of sp³-hybridized carbons (Fsp3) is 1.00. The van der Waals surface area contributed by atoms with E-state index in [1.165, 1.54) is 0 Å². The molecule has 0 radical (unpaired) electrons. The zero-order valence-corrected chi connectivity index (χ0v) is 4.25. The van der Waals surface area contributed by atoms with E-state index in [9.17, 15) is 0 Å². The van der Waals surface area contributed by atoms with E-state index >= 15 is 0 Å². The Morgan fingerprint density at radius 2 is 1.33 bits per heavy atom. The summed E-state index contributed by atoms with van der Waals surface area (Å²) in [7, 11) is -2.13. The van der Waals surface area contributed by atoms with Crippen molar-refractivity contribution in [3.05, 3.63) is 0 Å². The fourth-order valence-electron chi connectivity index (χ4n) is 0. The lowest BCUT2D eigenvalue weighted by Gasteiger charge is -1.61. The lowest BCUT2D eigenvalue weighted by Crippen LogP contribution is -1.38. The van der Waals surface area contributed by atoms with Gasteiger partial charge in [-0.2, -0.15) is 0 Å². The topological polar surface area (TPSA) is 77.8 Å². The van der Waals surface area contributed by atoms with Crippen molar-refractivity contribution in [3.8, 4) is 0 Å². The molecule has 0 fully saturated rings. The molecule has 0 bridgehead atoms. The molecule has 6 heavy (non-hydrogen) atoms. The SMILES string of the molecule is CO.O=[PH](O)O. The third-order valence-corrected chi connectivity index (χ3v) is 0. The van der Waals surface area contributed by atoms with Crippen molar-refractivity contribution in [2.45, 2.75) is 0 Å². The molecule has 0 saturated carbocycles. The number of hydrogen-bond acceptors (Lipinski definition) is 2. The van der Waals surface area contributed by atoms with Crippen LogP contribution in [0.25, 0.3) is 0 Å². The minimum absolute atomic E-state index is 1.00. The molecule has 0 aromatic heterocycles. The Bertz CT molecular complexity index is 30.5. The largest absolute Gasteiger partial charge is 0.400 e. The molecule has 4 nitrogen and oxygen atoms in total. The van der Waals surface area contributed by atoms with Gasteiger partial charge in [0, 0.05) is 7.11 Å². The maximum Gasteiger partial charge on any atom is 0.314 e. The van der Waals surface area contributed by atoms with E-state index in [1.54, 1.807) is 0 Å². The molecule has 0 aromatic rings. The maximum atomic E-state index is 8.74. The summed E-state index contributed by atoms with van der Waals surface area (Å²) in [6.07, 6.45) is 0. The lowest BCUT2D eigenvalue weighted by molar-refractivity contribution is 0.399. The fourth-order valence-corrected chi connectivity index (χ4v) is 0. The zero-order valence-electron chi connectivity index (χ0n) is 3.25. The average molecular weight is 114 g/mol. The van der Waals surface area contributed by atoms with Crippen LogP contribution in [0, 0.1) is 0 Å². The van der Waals surface area contributed by atoms with Crippen LogP contribution in [0.2, 0.25) is 0 Å². The average Bonchev–Trinajstić information content (AvgIpc) is 1.41. The Morgan fingerprint density at radius 1 is 1.33 bits per heavy atom. The molecule has 0 atom stereocenters. The Morgan fingerprint density at radius 3 is 1.33 bits per heavy atom. The third kappa shape index (κ3) is 3290. The Balaban J connectivity index is 0. The second kappa shape index (κ2) is 8.92. The van der Waals surface area contributed by atoms with Gasteiger partial charge in [-0.15, -0.1) is 0 Å². The lowest BCUT2D eigenvalue weighted by atomic mass is 11.8. The molecule has 0 aliphatic heterocycles. The van der Waals surface area contributed by atoms with Crippen molar-refractivity contribution in [1.82, 2.24) is 0 Å². The van der Waals surface area contributed by atoms with Crippen LogP contribution in [0.3, 0.4) is 0 Å². The van der Waals surface area contributed by atoms with Crippen molar-refractivity contribution in [3.63, 3.8) is 0 Å². The zero-order chi connectivity index (χ0) is 5.58. The summed E-state index contributed by atoms with van der Waals surface area (Å²) < 4.78 is 8.74. The van der Waals surface area contributed by atoms with Gasteiger partial charge in [-0.25, -0.2) is 0 Å². The van der Waals surface area contributed by atoms with Crippen molar-refractivity contribution in [2.75, 3.05) is 7.11 Å². The molecule has 0 unspecified atom stereocenters. The van der Waals surface area contributed by atoms with Crippen LogP contribution in [0.1, 0.15) is 0 Å². The molecule has 0 aliphatic rings. The van der Waals surface area contributed by atoms with Crippen LogP contribution >= 0.6 is 8.25 Å². The van der Waals surface area contributed by atoms with Gasteiger partial charge in [0.05, 0.1) is 0 Å². The standard InChI is InChI=1S/CH4O.H3O3P/c1-2;1-4(2)3/h2H,1H3;4H,(H2,1,2,3). The van der Waals surface area contributed by atoms with Gasteiger partial charge >= 0.3 is 8.25 Å². The van der Waals surface area contributed by atoms with E-state index in [-0.39, 0.29) is 0 Å². The van der Waals surface area contributed by atoms with Gasteiger partial charge in [0.15, 0.2) is 0 Å². The first-order valence-electron chi connectivity index (χ1n) is 1.10. The number of rotatable bonds is 0. The highest BCUT2D eigenvalue weighted by molar-refractivity contribution is 7.30. The van der Waals surface area contributed by atoms with Crippen molar-refractivity contribution >= 4 is 8.25 Å². The molecule has 0 rings (SSSR count). The molecule has 3 N–H and O–H groups in total. The molecular weight excluding hydrogens is 107 g/mol. The molecule has 0 spiro atoms.